The summed E-state index contributed by atoms with van der Waals surface area (Å²) in [7, 11) is 1.61. The van der Waals surface area contributed by atoms with Gasteiger partial charge in [-0.3, -0.25) is 19.2 Å². The first-order valence-electron chi connectivity index (χ1n) is 16.0. The van der Waals surface area contributed by atoms with Gasteiger partial charge in [-0.25, -0.2) is 9.59 Å². The van der Waals surface area contributed by atoms with Gasteiger partial charge in [-0.1, -0.05) is 37.1 Å². The molecule has 2 aromatic rings. The number of nitrogens with two attached hydrogens (primary N) is 2. The number of fused-ring (bicyclic) bond motifs is 1. The molecule has 0 bridgehead atoms. The predicted octanol–water partition coefficient (Wildman–Crippen LogP) is 4.33. The van der Waals surface area contributed by atoms with Crippen LogP contribution in [0.1, 0.15) is 72.5 Å². The van der Waals surface area contributed by atoms with E-state index in [9.17, 15) is 50.6 Å². The molecular formula is C33H41F6N5O9. The van der Waals surface area contributed by atoms with Crippen LogP contribution >= 0.6 is 0 Å². The Hall–Kier alpha value is -5.24. The monoisotopic (exact) mass is 765 g/mol. The number of hydrogen-bond donors (Lipinski definition) is 6. The average Bonchev–Trinajstić information content (AvgIpc) is 3.15. The Morgan fingerprint density at radius 1 is 0.792 bits per heavy atom. The number of carbonyl (C=O) groups excluding carboxylic acids is 3. The molecule has 1 aliphatic heterocycles. The minimum absolute atomic E-state index is 0.170. The Morgan fingerprint density at radius 3 is 1.87 bits per heavy atom. The molecule has 0 spiro atoms. The summed E-state index contributed by atoms with van der Waals surface area (Å²) in [5.74, 6) is -7.68. The lowest BCUT2D eigenvalue weighted by molar-refractivity contribution is -0.193. The van der Waals surface area contributed by atoms with Gasteiger partial charge < -0.3 is 41.9 Å². The van der Waals surface area contributed by atoms with E-state index in [0.717, 1.165) is 37.7 Å². The van der Waals surface area contributed by atoms with Crippen LogP contribution in [-0.2, 0) is 30.4 Å². The third kappa shape index (κ3) is 15.1. The van der Waals surface area contributed by atoms with Crippen LogP contribution in [0.2, 0.25) is 0 Å². The fraction of sp³-hybridized carbons (Fsp3) is 0.455. The predicted molar refractivity (Wildman–Crippen MR) is 178 cm³/mol. The van der Waals surface area contributed by atoms with E-state index in [1.54, 1.807) is 43.4 Å². The van der Waals surface area contributed by atoms with Crippen molar-refractivity contribution in [1.29, 1.82) is 0 Å². The van der Waals surface area contributed by atoms with E-state index >= 15 is 0 Å². The summed E-state index contributed by atoms with van der Waals surface area (Å²) in [6.45, 7) is 0.866. The zero-order chi connectivity index (χ0) is 40.5. The highest BCUT2D eigenvalue weighted by Crippen LogP contribution is 2.37. The minimum Gasteiger partial charge on any atom is -0.481 e. The molecule has 14 nitrogen and oxygen atoms in total. The van der Waals surface area contributed by atoms with Crippen LogP contribution < -0.4 is 21.7 Å². The van der Waals surface area contributed by atoms with Crippen molar-refractivity contribution in [2.24, 2.45) is 11.5 Å². The molecule has 0 aromatic heterocycles. The van der Waals surface area contributed by atoms with E-state index in [0.29, 0.717) is 42.0 Å². The van der Waals surface area contributed by atoms with Gasteiger partial charge in [0.2, 0.25) is 5.91 Å². The molecule has 3 rings (SSSR count). The summed E-state index contributed by atoms with van der Waals surface area (Å²) in [5.41, 5.74) is 13.7. The minimum atomic E-state index is -5.08. The first kappa shape index (κ1) is 45.8. The molecule has 0 saturated carbocycles. The van der Waals surface area contributed by atoms with Crippen molar-refractivity contribution in [3.05, 3.63) is 59.2 Å². The van der Waals surface area contributed by atoms with Crippen molar-refractivity contribution in [2.75, 3.05) is 36.9 Å². The highest BCUT2D eigenvalue weighted by molar-refractivity contribution is 6.11. The molecule has 1 atom stereocenters. The quantitative estimate of drug-likeness (QED) is 0.117. The maximum atomic E-state index is 14.0. The van der Waals surface area contributed by atoms with Crippen LogP contribution in [0.3, 0.4) is 0 Å². The number of hydrogen-bond acceptors (Lipinski definition) is 8. The largest absolute Gasteiger partial charge is 0.490 e. The summed E-state index contributed by atoms with van der Waals surface area (Å²) < 4.78 is 63.5. The number of carboxylic acid groups (broad SMARTS) is 3. The molecule has 1 heterocycles. The van der Waals surface area contributed by atoms with Crippen LogP contribution in [0.25, 0.3) is 0 Å². The molecule has 0 aliphatic carbocycles. The highest BCUT2D eigenvalue weighted by Gasteiger charge is 2.41. The topological polar surface area (TPSA) is 234 Å². The zero-order valence-electron chi connectivity index (χ0n) is 28.5. The first-order valence-corrected chi connectivity index (χ1v) is 16.0. The first-order chi connectivity index (χ1) is 24.7. The standard InChI is InChI=1S/C29H39N5O5.2C2HF3O2/c1-33-24-14-13-20(9-4-2-3-7-16-30)19-22(24)28(38)34(18-15-26(36)37)27(29(33)39)21-10-5-6-11-23(21)32-25(35)12-8-17-31;2*3-2(4,5)1(6)7/h5-6,10-11,13-14,19,27H,2-4,7-9,12,15-18,30-31H2,1H3,(H,32,35)(H,36,37);2*(H,6,7). The number of aliphatic carboxylic acids is 3. The molecule has 53 heavy (non-hydrogen) atoms. The van der Waals surface area contributed by atoms with Crippen LogP contribution in [0.4, 0.5) is 37.7 Å². The maximum absolute atomic E-state index is 14.0. The number of carbonyl (C=O) groups is 6. The second-order valence-electron chi connectivity index (χ2n) is 11.4. The third-order valence-electron chi connectivity index (χ3n) is 7.40. The Balaban J connectivity index is 0.000000845. The number of para-hydroxylation sites is 1. The summed E-state index contributed by atoms with van der Waals surface area (Å²) in [4.78, 5) is 72.5. The van der Waals surface area contributed by atoms with Crippen molar-refractivity contribution in [3.63, 3.8) is 0 Å². The van der Waals surface area contributed by atoms with E-state index in [1.807, 2.05) is 6.07 Å². The number of carboxylic acids is 3. The van der Waals surface area contributed by atoms with Gasteiger partial charge in [0.15, 0.2) is 0 Å². The van der Waals surface area contributed by atoms with E-state index in [-0.39, 0.29) is 25.3 Å². The van der Waals surface area contributed by atoms with Crippen molar-refractivity contribution in [3.8, 4) is 0 Å². The van der Waals surface area contributed by atoms with Gasteiger partial charge in [0.05, 0.1) is 17.7 Å². The van der Waals surface area contributed by atoms with Gasteiger partial charge in [-0.05, 0) is 62.5 Å². The SMILES string of the molecule is CN1C(=O)C(c2ccccc2NC(=O)CCCN)N(CCC(=O)O)C(=O)c2cc(CCCCCCN)ccc21.O=C(O)C(F)(F)F.O=C(O)C(F)(F)F. The Kier molecular flexibility index (Phi) is 18.4. The number of aryl methyl sites for hydroxylation is 1. The molecule has 3 amide bonds. The van der Waals surface area contributed by atoms with Crippen molar-refractivity contribution < 1.29 is 70.4 Å². The normalized spacial score (nSPS) is 14.2. The number of likely N-dealkylation sites (N-methyl/N-ethyl adjacent to an activating group) is 1. The lowest BCUT2D eigenvalue weighted by Crippen LogP contribution is -2.42. The molecular weight excluding hydrogens is 724 g/mol. The van der Waals surface area contributed by atoms with E-state index < -0.39 is 48.1 Å². The number of unbranched alkanes of at least 4 members (excludes halogenated alkanes) is 3. The van der Waals surface area contributed by atoms with Crippen LogP contribution in [-0.4, -0.2) is 94.9 Å². The lowest BCUT2D eigenvalue weighted by atomic mass is 10.0. The smallest absolute Gasteiger partial charge is 0.481 e. The summed E-state index contributed by atoms with van der Waals surface area (Å²) in [6, 6.07) is 11.2. The van der Waals surface area contributed by atoms with Crippen molar-refractivity contribution in [1.82, 2.24) is 4.90 Å². The van der Waals surface area contributed by atoms with Crippen LogP contribution in [0, 0.1) is 0 Å². The number of halogens is 6. The molecule has 0 fully saturated rings. The molecule has 0 radical (unpaired) electrons. The highest BCUT2D eigenvalue weighted by atomic mass is 19.4. The van der Waals surface area contributed by atoms with Gasteiger partial charge in [0, 0.05) is 31.3 Å². The van der Waals surface area contributed by atoms with Crippen molar-refractivity contribution in [2.45, 2.75) is 69.8 Å². The Labute approximate surface area is 299 Å². The fourth-order valence-corrected chi connectivity index (χ4v) is 4.81. The summed E-state index contributed by atoms with van der Waals surface area (Å²) in [5, 5.41) is 26.5. The van der Waals surface area contributed by atoms with Gasteiger partial charge in [-0.2, -0.15) is 26.3 Å². The Bertz CT molecular complexity index is 1560. The number of nitrogens with one attached hydrogen (secondary N) is 1. The molecule has 20 heteroatoms. The number of alkyl halides is 6. The summed E-state index contributed by atoms with van der Waals surface area (Å²) >= 11 is 0. The maximum Gasteiger partial charge on any atom is 0.490 e. The van der Waals surface area contributed by atoms with E-state index in [4.69, 9.17) is 31.3 Å². The Morgan fingerprint density at radius 2 is 1.34 bits per heavy atom. The summed E-state index contributed by atoms with van der Waals surface area (Å²) in [6.07, 6.45) is -5.00. The van der Waals surface area contributed by atoms with E-state index in [1.165, 1.54) is 9.80 Å². The van der Waals surface area contributed by atoms with Gasteiger partial charge >= 0.3 is 30.3 Å². The van der Waals surface area contributed by atoms with E-state index in [2.05, 4.69) is 5.32 Å². The average molecular weight is 766 g/mol. The fourth-order valence-electron chi connectivity index (χ4n) is 4.81. The van der Waals surface area contributed by atoms with Crippen molar-refractivity contribution >= 4 is 47.0 Å². The molecule has 1 aliphatic rings. The van der Waals surface area contributed by atoms with Crippen LogP contribution in [0.5, 0.6) is 0 Å². The molecule has 0 saturated heterocycles. The van der Waals surface area contributed by atoms with Gasteiger partial charge in [-0.15, -0.1) is 0 Å². The zero-order valence-corrected chi connectivity index (χ0v) is 28.5. The molecule has 2 aromatic carbocycles. The number of anilines is 2. The molecule has 1 unspecified atom stereocenters. The second-order valence-corrected chi connectivity index (χ2v) is 11.4. The van der Waals surface area contributed by atoms with Gasteiger partial charge in [0.25, 0.3) is 11.8 Å². The number of nitrogens with zero attached hydrogens (tertiary/aromatic N) is 2. The van der Waals surface area contributed by atoms with Gasteiger partial charge in [0.1, 0.15) is 6.04 Å². The number of amides is 3. The third-order valence-corrected chi connectivity index (χ3v) is 7.40. The molecule has 294 valence electrons. The number of rotatable bonds is 14. The lowest BCUT2D eigenvalue weighted by Gasteiger charge is -2.31. The second kappa shape index (κ2) is 21.3. The number of benzene rings is 2. The van der Waals surface area contributed by atoms with Crippen LogP contribution in [0.15, 0.2) is 42.5 Å². The molecule has 8 N–H and O–H groups in total.